The molecule has 2 amide bonds. The highest BCUT2D eigenvalue weighted by Crippen LogP contribution is 2.22. The lowest BCUT2D eigenvalue weighted by molar-refractivity contribution is -0.384. The van der Waals surface area contributed by atoms with Crippen LogP contribution in [-0.4, -0.2) is 46.6 Å². The molecule has 0 unspecified atom stereocenters. The van der Waals surface area contributed by atoms with Gasteiger partial charge < -0.3 is 15.0 Å². The first kappa shape index (κ1) is 26.5. The number of thioether (sulfide) groups is 1. The lowest BCUT2D eigenvalue weighted by Gasteiger charge is -2.31. The van der Waals surface area contributed by atoms with Crippen molar-refractivity contribution >= 4 is 29.3 Å². The molecular weight excluding hydrogens is 466 g/mol. The van der Waals surface area contributed by atoms with Crippen LogP contribution in [0.25, 0.3) is 0 Å². The van der Waals surface area contributed by atoms with E-state index in [2.05, 4.69) is 5.32 Å². The van der Waals surface area contributed by atoms with Crippen molar-refractivity contribution in [3.63, 3.8) is 0 Å². The van der Waals surface area contributed by atoms with Crippen LogP contribution in [0.15, 0.2) is 48.5 Å². The zero-order valence-corrected chi connectivity index (χ0v) is 21.1. The second-order valence-electron chi connectivity index (χ2n) is 8.70. The molecule has 0 spiro atoms. The highest BCUT2D eigenvalue weighted by molar-refractivity contribution is 7.99. The molecule has 9 heteroatoms. The van der Waals surface area contributed by atoms with E-state index in [9.17, 15) is 19.7 Å². The fourth-order valence-electron chi connectivity index (χ4n) is 4.31. The number of hydrogen-bond acceptors (Lipinski definition) is 6. The molecule has 1 atom stereocenters. The largest absolute Gasteiger partial charge is 0.497 e. The Morgan fingerprint density at radius 2 is 1.89 bits per heavy atom. The van der Waals surface area contributed by atoms with E-state index in [4.69, 9.17) is 4.74 Å². The summed E-state index contributed by atoms with van der Waals surface area (Å²) in [6, 6.07) is 13.5. The number of methoxy groups -OCH3 is 1. The number of amides is 2. The molecule has 0 aromatic heterocycles. The monoisotopic (exact) mass is 499 g/mol. The Bertz CT molecular complexity index is 1010. The molecule has 1 saturated carbocycles. The quantitative estimate of drug-likeness (QED) is 0.335. The summed E-state index contributed by atoms with van der Waals surface area (Å²) in [5, 5.41) is 14.0. The van der Waals surface area contributed by atoms with Crippen molar-refractivity contribution in [1.29, 1.82) is 0 Å². The van der Waals surface area contributed by atoms with Crippen LogP contribution in [0.4, 0.5) is 5.69 Å². The molecule has 0 saturated heterocycles. The van der Waals surface area contributed by atoms with E-state index < -0.39 is 11.0 Å². The third-order valence-electron chi connectivity index (χ3n) is 6.22. The zero-order chi connectivity index (χ0) is 25.2. The van der Waals surface area contributed by atoms with Crippen LogP contribution in [0.5, 0.6) is 5.75 Å². The van der Waals surface area contributed by atoms with Gasteiger partial charge in [0.15, 0.2) is 0 Å². The van der Waals surface area contributed by atoms with Gasteiger partial charge in [-0.3, -0.25) is 19.7 Å². The van der Waals surface area contributed by atoms with Gasteiger partial charge in [-0.05, 0) is 42.5 Å². The smallest absolute Gasteiger partial charge is 0.269 e. The van der Waals surface area contributed by atoms with Gasteiger partial charge in [0, 0.05) is 30.5 Å². The fraction of sp³-hybridized carbons (Fsp3) is 0.462. The number of non-ortho nitro benzene ring substituents is 1. The summed E-state index contributed by atoms with van der Waals surface area (Å²) < 4.78 is 5.33. The molecular formula is C26H33N3O5S. The van der Waals surface area contributed by atoms with Crippen LogP contribution in [0.3, 0.4) is 0 Å². The maximum Gasteiger partial charge on any atom is 0.269 e. The first-order valence-electron chi connectivity index (χ1n) is 11.9. The SMILES string of the molecule is CC[C@H](C(=O)NC1CCCC1)N(Cc1cccc(OC)c1)C(=O)CSCc1ccc([N+](=O)[O-])cc1. The molecule has 1 fully saturated rings. The number of benzene rings is 2. The molecule has 0 aliphatic heterocycles. The molecule has 2 aromatic rings. The number of carbonyl (C=O) groups is 2. The summed E-state index contributed by atoms with van der Waals surface area (Å²) in [5.74, 6) is 1.23. The third-order valence-corrected chi connectivity index (χ3v) is 7.20. The molecule has 0 bridgehead atoms. The molecule has 1 aliphatic rings. The summed E-state index contributed by atoms with van der Waals surface area (Å²) in [6.45, 7) is 2.24. The minimum atomic E-state index is -0.561. The van der Waals surface area contributed by atoms with Gasteiger partial charge in [-0.2, -0.15) is 0 Å². The zero-order valence-electron chi connectivity index (χ0n) is 20.3. The Labute approximate surface area is 210 Å². The number of nitrogens with zero attached hydrogens (tertiary/aromatic N) is 2. The fourth-order valence-corrected chi connectivity index (χ4v) is 5.18. The first-order valence-corrected chi connectivity index (χ1v) is 13.1. The van der Waals surface area contributed by atoms with Gasteiger partial charge in [0.2, 0.25) is 11.8 Å². The lowest BCUT2D eigenvalue weighted by Crippen LogP contribution is -2.51. The molecule has 35 heavy (non-hydrogen) atoms. The number of ether oxygens (including phenoxy) is 1. The van der Waals surface area contributed by atoms with Crippen LogP contribution in [0.2, 0.25) is 0 Å². The van der Waals surface area contributed by atoms with Gasteiger partial charge in [0.25, 0.3) is 5.69 Å². The number of nitro groups is 1. The van der Waals surface area contributed by atoms with Crippen molar-refractivity contribution in [2.24, 2.45) is 0 Å². The van der Waals surface area contributed by atoms with Crippen molar-refractivity contribution in [2.75, 3.05) is 12.9 Å². The van der Waals surface area contributed by atoms with Crippen LogP contribution in [-0.2, 0) is 21.9 Å². The first-order chi connectivity index (χ1) is 16.9. The second kappa shape index (κ2) is 13.1. The summed E-state index contributed by atoms with van der Waals surface area (Å²) in [6.07, 6.45) is 4.72. The van der Waals surface area contributed by atoms with Gasteiger partial charge in [0.05, 0.1) is 17.8 Å². The molecule has 0 heterocycles. The van der Waals surface area contributed by atoms with Crippen LogP contribution in [0.1, 0.15) is 50.2 Å². The van der Waals surface area contributed by atoms with E-state index >= 15 is 0 Å². The van der Waals surface area contributed by atoms with E-state index in [-0.39, 0.29) is 29.3 Å². The van der Waals surface area contributed by atoms with Crippen molar-refractivity contribution < 1.29 is 19.2 Å². The standard InChI is InChI=1S/C26H33N3O5S/c1-3-24(26(31)27-21-8-4-5-9-21)28(16-20-7-6-10-23(15-20)34-2)25(30)18-35-17-19-11-13-22(14-12-19)29(32)33/h6-7,10-15,21,24H,3-5,8-9,16-18H2,1-2H3,(H,27,31)/t24-/m1/s1. The predicted molar refractivity (Wildman–Crippen MR) is 137 cm³/mol. The van der Waals surface area contributed by atoms with Crippen molar-refractivity contribution in [1.82, 2.24) is 10.2 Å². The number of nitro benzene ring substituents is 1. The lowest BCUT2D eigenvalue weighted by atomic mass is 10.1. The van der Waals surface area contributed by atoms with Crippen LogP contribution in [0, 0.1) is 10.1 Å². The number of nitrogens with one attached hydrogen (secondary N) is 1. The molecule has 3 rings (SSSR count). The highest BCUT2D eigenvalue weighted by Gasteiger charge is 2.30. The molecule has 2 aromatic carbocycles. The van der Waals surface area contributed by atoms with Crippen LogP contribution < -0.4 is 10.1 Å². The Hall–Kier alpha value is -3.07. The Balaban J connectivity index is 1.70. The Morgan fingerprint density at radius 3 is 2.51 bits per heavy atom. The molecule has 188 valence electrons. The minimum Gasteiger partial charge on any atom is -0.497 e. The minimum absolute atomic E-state index is 0.0401. The average Bonchev–Trinajstić information content (AvgIpc) is 3.37. The Morgan fingerprint density at radius 1 is 1.17 bits per heavy atom. The van der Waals surface area contributed by atoms with E-state index in [0.717, 1.165) is 36.8 Å². The third kappa shape index (κ3) is 7.71. The van der Waals surface area contributed by atoms with Crippen molar-refractivity contribution in [3.05, 3.63) is 69.8 Å². The van der Waals surface area contributed by atoms with Crippen LogP contribution >= 0.6 is 11.8 Å². The topological polar surface area (TPSA) is 102 Å². The van der Waals surface area contributed by atoms with Gasteiger partial charge in [-0.25, -0.2) is 0 Å². The summed E-state index contributed by atoms with van der Waals surface area (Å²) >= 11 is 1.43. The molecule has 0 radical (unpaired) electrons. The predicted octanol–water partition coefficient (Wildman–Crippen LogP) is 4.70. The highest BCUT2D eigenvalue weighted by atomic mass is 32.2. The summed E-state index contributed by atoms with van der Waals surface area (Å²) in [7, 11) is 1.60. The van der Waals surface area contributed by atoms with E-state index in [1.165, 1.54) is 23.9 Å². The van der Waals surface area contributed by atoms with E-state index in [1.54, 1.807) is 24.1 Å². The number of rotatable bonds is 12. The molecule has 1 aliphatic carbocycles. The van der Waals surface area contributed by atoms with E-state index in [1.807, 2.05) is 31.2 Å². The summed E-state index contributed by atoms with van der Waals surface area (Å²) in [4.78, 5) is 38.6. The van der Waals surface area contributed by atoms with Crippen molar-refractivity contribution in [2.45, 2.75) is 63.4 Å². The van der Waals surface area contributed by atoms with Gasteiger partial charge in [-0.15, -0.1) is 11.8 Å². The molecule has 8 nitrogen and oxygen atoms in total. The van der Waals surface area contributed by atoms with E-state index in [0.29, 0.717) is 24.5 Å². The van der Waals surface area contributed by atoms with Crippen molar-refractivity contribution in [3.8, 4) is 5.75 Å². The number of carbonyl (C=O) groups excluding carboxylic acids is 2. The normalized spacial score (nSPS) is 14.3. The average molecular weight is 500 g/mol. The second-order valence-corrected chi connectivity index (χ2v) is 9.69. The maximum absolute atomic E-state index is 13.4. The van der Waals surface area contributed by atoms with Gasteiger partial charge >= 0.3 is 0 Å². The molecule has 1 N–H and O–H groups in total. The van der Waals surface area contributed by atoms with Gasteiger partial charge in [0.1, 0.15) is 11.8 Å². The summed E-state index contributed by atoms with van der Waals surface area (Å²) in [5.41, 5.74) is 1.84. The Kier molecular flexibility index (Phi) is 9.96. The van der Waals surface area contributed by atoms with Gasteiger partial charge in [-0.1, -0.05) is 44.0 Å². The number of hydrogen-bond donors (Lipinski definition) is 1. The maximum atomic E-state index is 13.4.